The zero-order valence-corrected chi connectivity index (χ0v) is 10.4. The first kappa shape index (κ1) is 12.1. The summed E-state index contributed by atoms with van der Waals surface area (Å²) in [6.07, 6.45) is 0. The molecule has 3 heteroatoms. The number of carbonyl (C=O) groups is 1. The molecule has 0 fully saturated rings. The van der Waals surface area contributed by atoms with Crippen LogP contribution < -0.4 is 4.74 Å². The van der Waals surface area contributed by atoms with Gasteiger partial charge in [0.25, 0.3) is 0 Å². The van der Waals surface area contributed by atoms with E-state index in [1.165, 1.54) is 22.9 Å². The Labute approximate surface area is 95.0 Å². The summed E-state index contributed by atoms with van der Waals surface area (Å²) in [7, 11) is 1.65. The minimum absolute atomic E-state index is 0.181. The van der Waals surface area contributed by atoms with Crippen molar-refractivity contribution in [2.45, 2.75) is 25.7 Å². The zero-order valence-electron chi connectivity index (χ0n) is 9.59. The highest BCUT2D eigenvalue weighted by Crippen LogP contribution is 2.31. The number of hydrogen-bond donors (Lipinski definition) is 0. The maximum absolute atomic E-state index is 10.9. The van der Waals surface area contributed by atoms with Crippen LogP contribution in [0.3, 0.4) is 0 Å². The molecule has 0 aliphatic rings. The van der Waals surface area contributed by atoms with Crippen molar-refractivity contribution in [1.29, 1.82) is 0 Å². The normalized spacial score (nSPS) is 10.1. The maximum atomic E-state index is 10.9. The summed E-state index contributed by atoms with van der Waals surface area (Å²) in [5, 5.41) is 0. The number of methoxy groups -OCH3 is 1. The smallest absolute Gasteiger partial charge is 0.140 e. The van der Waals surface area contributed by atoms with Gasteiger partial charge < -0.3 is 4.74 Å². The molecule has 0 spiro atoms. The Morgan fingerprint density at radius 1 is 1.33 bits per heavy atom. The molecule has 0 aliphatic heterocycles. The second-order valence-corrected chi connectivity index (χ2v) is 4.60. The fraction of sp³-hybridized carbons (Fsp3) is 0.417. The molecule has 1 aromatic carbocycles. The van der Waals surface area contributed by atoms with Crippen LogP contribution in [0, 0.1) is 13.8 Å². The summed E-state index contributed by atoms with van der Waals surface area (Å²) < 4.78 is 5.28. The third-order valence-corrected chi connectivity index (χ3v) is 3.39. The molecular weight excluding hydrogens is 208 g/mol. The summed E-state index contributed by atoms with van der Waals surface area (Å²) >= 11 is 1.53. The van der Waals surface area contributed by atoms with Crippen LogP contribution in [-0.2, 0) is 4.79 Å². The summed E-state index contributed by atoms with van der Waals surface area (Å²) in [4.78, 5) is 11.9. The van der Waals surface area contributed by atoms with E-state index >= 15 is 0 Å². The van der Waals surface area contributed by atoms with Gasteiger partial charge in [0.1, 0.15) is 11.5 Å². The number of Topliss-reactive ketones (excluding diaryl/α,β-unsaturated/α-hetero) is 1. The van der Waals surface area contributed by atoms with Crippen molar-refractivity contribution in [1.82, 2.24) is 0 Å². The summed E-state index contributed by atoms with van der Waals surface area (Å²) in [6.45, 7) is 5.71. The van der Waals surface area contributed by atoms with Gasteiger partial charge in [-0.05, 0) is 44.0 Å². The van der Waals surface area contributed by atoms with Gasteiger partial charge >= 0.3 is 0 Å². The highest BCUT2D eigenvalue weighted by molar-refractivity contribution is 8.00. The van der Waals surface area contributed by atoms with Crippen molar-refractivity contribution in [2.75, 3.05) is 12.9 Å². The zero-order chi connectivity index (χ0) is 11.4. The van der Waals surface area contributed by atoms with Gasteiger partial charge in [-0.15, -0.1) is 11.8 Å². The molecular formula is C12H16O2S. The Balaban J connectivity index is 2.94. The number of benzene rings is 1. The molecule has 0 saturated heterocycles. The molecule has 2 nitrogen and oxygen atoms in total. The van der Waals surface area contributed by atoms with Crippen LogP contribution in [0.4, 0.5) is 0 Å². The minimum Gasteiger partial charge on any atom is -0.496 e. The summed E-state index contributed by atoms with van der Waals surface area (Å²) in [5.41, 5.74) is 2.43. The van der Waals surface area contributed by atoms with Crippen LogP contribution in [-0.4, -0.2) is 18.6 Å². The van der Waals surface area contributed by atoms with Gasteiger partial charge in [0.05, 0.1) is 17.8 Å². The highest BCUT2D eigenvalue weighted by Gasteiger charge is 2.07. The van der Waals surface area contributed by atoms with Crippen LogP contribution in [0.15, 0.2) is 17.0 Å². The molecule has 1 rings (SSSR count). The molecule has 15 heavy (non-hydrogen) atoms. The van der Waals surface area contributed by atoms with Crippen LogP contribution in [0.2, 0.25) is 0 Å². The van der Waals surface area contributed by atoms with Crippen LogP contribution in [0.1, 0.15) is 18.1 Å². The van der Waals surface area contributed by atoms with Gasteiger partial charge in [0, 0.05) is 0 Å². The van der Waals surface area contributed by atoms with Crippen LogP contribution in [0.5, 0.6) is 5.75 Å². The lowest BCUT2D eigenvalue weighted by Crippen LogP contribution is -1.95. The van der Waals surface area contributed by atoms with Crippen molar-refractivity contribution in [3.05, 3.63) is 23.3 Å². The van der Waals surface area contributed by atoms with Gasteiger partial charge in [0.2, 0.25) is 0 Å². The number of ether oxygens (including phenoxy) is 1. The molecule has 0 radical (unpaired) electrons. The van der Waals surface area contributed by atoms with E-state index in [2.05, 4.69) is 19.9 Å². The molecule has 82 valence electrons. The monoisotopic (exact) mass is 224 g/mol. The second-order valence-electron chi connectivity index (χ2n) is 3.58. The van der Waals surface area contributed by atoms with Crippen molar-refractivity contribution in [2.24, 2.45) is 0 Å². The van der Waals surface area contributed by atoms with E-state index in [9.17, 15) is 4.79 Å². The van der Waals surface area contributed by atoms with Crippen molar-refractivity contribution in [3.63, 3.8) is 0 Å². The first-order valence-electron chi connectivity index (χ1n) is 4.82. The Hall–Kier alpha value is -0.960. The number of hydrogen-bond acceptors (Lipinski definition) is 3. The Morgan fingerprint density at radius 2 is 1.93 bits per heavy atom. The Morgan fingerprint density at radius 3 is 2.47 bits per heavy atom. The van der Waals surface area contributed by atoms with Crippen LogP contribution in [0.25, 0.3) is 0 Å². The third kappa shape index (κ3) is 3.27. The third-order valence-electron chi connectivity index (χ3n) is 2.21. The number of rotatable bonds is 4. The van der Waals surface area contributed by atoms with Gasteiger partial charge in [-0.1, -0.05) is 0 Å². The lowest BCUT2D eigenvalue weighted by atomic mass is 10.1. The molecule has 1 aromatic rings. The fourth-order valence-corrected chi connectivity index (χ4v) is 2.12. The molecule has 0 amide bonds. The number of thioether (sulfide) groups is 1. The summed E-state index contributed by atoms with van der Waals surface area (Å²) in [5.74, 6) is 1.53. The number of carbonyl (C=O) groups excluding carboxylic acids is 1. The molecule has 0 bridgehead atoms. The molecule has 0 N–H and O–H groups in total. The Bertz CT molecular complexity index is 372. The lowest BCUT2D eigenvalue weighted by Gasteiger charge is -2.10. The second kappa shape index (κ2) is 5.21. The minimum atomic E-state index is 0.181. The van der Waals surface area contributed by atoms with E-state index < -0.39 is 0 Å². The predicted octanol–water partition coefficient (Wildman–Crippen LogP) is 2.99. The largest absolute Gasteiger partial charge is 0.496 e. The van der Waals surface area contributed by atoms with E-state index in [1.54, 1.807) is 14.0 Å². The first-order chi connectivity index (χ1) is 7.04. The molecule has 0 saturated carbocycles. The standard InChI is InChI=1S/C12H16O2S/c1-8-5-11(14-4)12(6-9(8)2)15-7-10(3)13/h5-6H,7H2,1-4H3. The van der Waals surface area contributed by atoms with Gasteiger partial charge in [-0.3, -0.25) is 4.79 Å². The van der Waals surface area contributed by atoms with E-state index in [0.29, 0.717) is 5.75 Å². The van der Waals surface area contributed by atoms with Gasteiger partial charge in [-0.2, -0.15) is 0 Å². The average Bonchev–Trinajstić information content (AvgIpc) is 2.19. The molecule has 0 heterocycles. The average molecular weight is 224 g/mol. The Kier molecular flexibility index (Phi) is 4.21. The maximum Gasteiger partial charge on any atom is 0.140 e. The molecule has 0 unspecified atom stereocenters. The van der Waals surface area contributed by atoms with E-state index in [-0.39, 0.29) is 5.78 Å². The van der Waals surface area contributed by atoms with E-state index in [1.807, 2.05) is 6.07 Å². The first-order valence-corrected chi connectivity index (χ1v) is 5.80. The van der Waals surface area contributed by atoms with Gasteiger partial charge in [0.15, 0.2) is 0 Å². The fourth-order valence-electron chi connectivity index (χ4n) is 1.21. The molecule has 0 atom stereocenters. The van der Waals surface area contributed by atoms with Crippen molar-refractivity contribution < 1.29 is 9.53 Å². The van der Waals surface area contributed by atoms with E-state index in [4.69, 9.17) is 4.74 Å². The highest BCUT2D eigenvalue weighted by atomic mass is 32.2. The summed E-state index contributed by atoms with van der Waals surface area (Å²) in [6, 6.07) is 4.08. The van der Waals surface area contributed by atoms with E-state index in [0.717, 1.165) is 10.6 Å². The predicted molar refractivity (Wildman–Crippen MR) is 63.9 cm³/mol. The number of ketones is 1. The quantitative estimate of drug-likeness (QED) is 0.735. The number of aryl methyl sites for hydroxylation is 2. The van der Waals surface area contributed by atoms with Gasteiger partial charge in [-0.25, -0.2) is 0 Å². The topological polar surface area (TPSA) is 26.3 Å². The molecule has 0 aliphatic carbocycles. The van der Waals surface area contributed by atoms with Crippen molar-refractivity contribution >= 4 is 17.5 Å². The lowest BCUT2D eigenvalue weighted by molar-refractivity contribution is -0.114. The van der Waals surface area contributed by atoms with Crippen LogP contribution >= 0.6 is 11.8 Å². The molecule has 0 aromatic heterocycles. The SMILES string of the molecule is COc1cc(C)c(C)cc1SCC(C)=O. The van der Waals surface area contributed by atoms with Crippen molar-refractivity contribution in [3.8, 4) is 5.75 Å².